The van der Waals surface area contributed by atoms with Gasteiger partial charge in [0.2, 0.25) is 0 Å². The Kier molecular flexibility index (Phi) is 4.37. The maximum Gasteiger partial charge on any atom is 0.254 e. The second kappa shape index (κ2) is 6.02. The molecular formula is C14H19FN2O2. The second-order valence-electron chi connectivity index (χ2n) is 4.92. The number of halogens is 1. The number of aliphatic hydroxyl groups is 1. The molecule has 0 radical (unpaired) electrons. The number of carbonyl (C=O) groups is 1. The first-order valence-corrected chi connectivity index (χ1v) is 6.60. The van der Waals surface area contributed by atoms with Gasteiger partial charge in [-0.3, -0.25) is 4.79 Å². The molecule has 0 saturated carbocycles. The minimum absolute atomic E-state index is 0.0334. The van der Waals surface area contributed by atoms with E-state index in [-0.39, 0.29) is 29.8 Å². The zero-order valence-electron chi connectivity index (χ0n) is 10.8. The van der Waals surface area contributed by atoms with Crippen LogP contribution in [0.25, 0.3) is 0 Å². The molecule has 3 N–H and O–H groups in total. The molecule has 0 aliphatic carbocycles. The van der Waals surface area contributed by atoms with Gasteiger partial charge in [-0.05, 0) is 31.0 Å². The summed E-state index contributed by atoms with van der Waals surface area (Å²) in [5.41, 5.74) is 5.72. The fourth-order valence-electron chi connectivity index (χ4n) is 2.46. The van der Waals surface area contributed by atoms with Gasteiger partial charge in [-0.15, -0.1) is 0 Å². The van der Waals surface area contributed by atoms with Crippen LogP contribution >= 0.6 is 0 Å². The number of carbonyl (C=O) groups excluding carboxylic acids is 1. The van der Waals surface area contributed by atoms with E-state index < -0.39 is 5.82 Å². The minimum atomic E-state index is -0.582. The van der Waals surface area contributed by atoms with Crippen LogP contribution in [0.1, 0.15) is 36.0 Å². The van der Waals surface area contributed by atoms with E-state index in [1.165, 1.54) is 12.1 Å². The maximum absolute atomic E-state index is 13.4. The number of aliphatic hydroxyl groups excluding tert-OH is 1. The third-order valence-electron chi connectivity index (χ3n) is 3.60. The van der Waals surface area contributed by atoms with Crippen LogP contribution in [0.2, 0.25) is 0 Å². The number of hydrogen-bond donors (Lipinski definition) is 2. The van der Waals surface area contributed by atoms with Crippen LogP contribution in [0.4, 0.5) is 10.1 Å². The Balaban J connectivity index is 2.22. The van der Waals surface area contributed by atoms with E-state index in [0.717, 1.165) is 31.7 Å². The van der Waals surface area contributed by atoms with Crippen molar-refractivity contribution in [2.24, 2.45) is 0 Å². The standard InChI is InChI=1S/C14H19FN2O2/c15-12-8-10(5-6-13(12)16)14(19)17-7-3-1-2-4-11(17)9-18/h5-6,8,11,18H,1-4,7,9,16H2. The molecule has 1 aliphatic heterocycles. The third-order valence-corrected chi connectivity index (χ3v) is 3.60. The molecule has 0 bridgehead atoms. The molecule has 1 atom stereocenters. The highest BCUT2D eigenvalue weighted by atomic mass is 19.1. The van der Waals surface area contributed by atoms with Crippen molar-refractivity contribution in [2.45, 2.75) is 31.7 Å². The SMILES string of the molecule is Nc1ccc(C(=O)N2CCCCCC2CO)cc1F. The van der Waals surface area contributed by atoms with Gasteiger partial charge in [0.25, 0.3) is 5.91 Å². The lowest BCUT2D eigenvalue weighted by Gasteiger charge is -2.28. The Morgan fingerprint density at radius 1 is 1.42 bits per heavy atom. The molecule has 19 heavy (non-hydrogen) atoms. The van der Waals surface area contributed by atoms with Gasteiger partial charge in [0.15, 0.2) is 0 Å². The van der Waals surface area contributed by atoms with Gasteiger partial charge in [0.05, 0.1) is 18.3 Å². The van der Waals surface area contributed by atoms with Gasteiger partial charge in [0.1, 0.15) is 5.82 Å². The zero-order chi connectivity index (χ0) is 13.8. The Hall–Kier alpha value is -1.62. The summed E-state index contributed by atoms with van der Waals surface area (Å²) >= 11 is 0. The normalized spacial score (nSPS) is 20.1. The van der Waals surface area contributed by atoms with Crippen LogP contribution in [0.15, 0.2) is 18.2 Å². The first-order valence-electron chi connectivity index (χ1n) is 6.60. The Bertz CT molecular complexity index is 465. The molecule has 1 aliphatic rings. The lowest BCUT2D eigenvalue weighted by molar-refractivity contribution is 0.0599. The third kappa shape index (κ3) is 3.04. The molecule has 1 heterocycles. The smallest absolute Gasteiger partial charge is 0.254 e. The largest absolute Gasteiger partial charge is 0.396 e. The fraction of sp³-hybridized carbons (Fsp3) is 0.500. The number of benzene rings is 1. The second-order valence-corrected chi connectivity index (χ2v) is 4.92. The molecule has 4 nitrogen and oxygen atoms in total. The van der Waals surface area contributed by atoms with Gasteiger partial charge in [0, 0.05) is 12.1 Å². The fourth-order valence-corrected chi connectivity index (χ4v) is 2.46. The maximum atomic E-state index is 13.4. The van der Waals surface area contributed by atoms with E-state index in [9.17, 15) is 14.3 Å². The van der Waals surface area contributed by atoms with Gasteiger partial charge in [-0.2, -0.15) is 0 Å². The van der Waals surface area contributed by atoms with Crippen molar-refractivity contribution in [1.82, 2.24) is 4.90 Å². The van der Waals surface area contributed by atoms with Crippen molar-refractivity contribution >= 4 is 11.6 Å². The van der Waals surface area contributed by atoms with E-state index in [1.807, 2.05) is 0 Å². The average molecular weight is 266 g/mol. The van der Waals surface area contributed by atoms with Gasteiger partial charge >= 0.3 is 0 Å². The van der Waals surface area contributed by atoms with Crippen LogP contribution in [0.3, 0.4) is 0 Å². The lowest BCUT2D eigenvalue weighted by Crippen LogP contribution is -2.42. The number of nitrogens with two attached hydrogens (primary N) is 1. The zero-order valence-corrected chi connectivity index (χ0v) is 10.8. The Morgan fingerprint density at radius 2 is 2.21 bits per heavy atom. The predicted molar refractivity (Wildman–Crippen MR) is 71.2 cm³/mol. The van der Waals surface area contributed by atoms with Crippen LogP contribution < -0.4 is 5.73 Å². The number of likely N-dealkylation sites (tertiary alicyclic amines) is 1. The summed E-state index contributed by atoms with van der Waals surface area (Å²) in [6.07, 6.45) is 3.76. The molecule has 1 saturated heterocycles. The van der Waals surface area contributed by atoms with Crippen molar-refractivity contribution in [3.05, 3.63) is 29.6 Å². The molecule has 5 heteroatoms. The number of hydrogen-bond acceptors (Lipinski definition) is 3. The topological polar surface area (TPSA) is 66.6 Å². The first kappa shape index (κ1) is 13.8. The predicted octanol–water partition coefficient (Wildman–Crippen LogP) is 1.79. The first-order chi connectivity index (χ1) is 9.13. The number of rotatable bonds is 2. The number of nitrogen functional groups attached to an aromatic ring is 1. The molecule has 2 rings (SSSR count). The van der Waals surface area contributed by atoms with E-state index in [1.54, 1.807) is 4.90 Å². The summed E-state index contributed by atoms with van der Waals surface area (Å²) in [5.74, 6) is -0.818. The van der Waals surface area contributed by atoms with Crippen molar-refractivity contribution < 1.29 is 14.3 Å². The van der Waals surface area contributed by atoms with Crippen LogP contribution in [0, 0.1) is 5.82 Å². The van der Waals surface area contributed by atoms with Crippen molar-refractivity contribution in [3.63, 3.8) is 0 Å². The summed E-state index contributed by atoms with van der Waals surface area (Å²) in [6, 6.07) is 3.92. The summed E-state index contributed by atoms with van der Waals surface area (Å²) in [7, 11) is 0. The highest BCUT2D eigenvalue weighted by molar-refractivity contribution is 5.94. The van der Waals surface area contributed by atoms with Crippen LogP contribution in [-0.2, 0) is 0 Å². The molecule has 0 spiro atoms. The highest BCUT2D eigenvalue weighted by Crippen LogP contribution is 2.20. The van der Waals surface area contributed by atoms with Gasteiger partial charge in [-0.1, -0.05) is 12.8 Å². The number of anilines is 1. The lowest BCUT2D eigenvalue weighted by atomic mass is 10.1. The quantitative estimate of drug-likeness (QED) is 0.802. The van der Waals surface area contributed by atoms with E-state index in [4.69, 9.17) is 5.73 Å². The summed E-state index contributed by atoms with van der Waals surface area (Å²) in [6.45, 7) is 0.555. The summed E-state index contributed by atoms with van der Waals surface area (Å²) < 4.78 is 13.4. The monoisotopic (exact) mass is 266 g/mol. The molecular weight excluding hydrogens is 247 g/mol. The number of nitrogens with zero attached hydrogens (tertiary/aromatic N) is 1. The van der Waals surface area contributed by atoms with Crippen molar-refractivity contribution in [3.8, 4) is 0 Å². The molecule has 1 amide bonds. The molecule has 0 aromatic heterocycles. The average Bonchev–Trinajstić information content (AvgIpc) is 2.66. The molecule has 1 unspecified atom stereocenters. The molecule has 1 fully saturated rings. The van der Waals surface area contributed by atoms with E-state index >= 15 is 0 Å². The Morgan fingerprint density at radius 3 is 2.89 bits per heavy atom. The number of amides is 1. The summed E-state index contributed by atoms with van der Waals surface area (Å²) in [4.78, 5) is 14.0. The van der Waals surface area contributed by atoms with E-state index in [2.05, 4.69) is 0 Å². The highest BCUT2D eigenvalue weighted by Gasteiger charge is 2.26. The van der Waals surface area contributed by atoms with Crippen molar-refractivity contribution in [1.29, 1.82) is 0 Å². The van der Waals surface area contributed by atoms with Gasteiger partial charge < -0.3 is 15.7 Å². The van der Waals surface area contributed by atoms with Crippen molar-refractivity contribution in [2.75, 3.05) is 18.9 Å². The van der Waals surface area contributed by atoms with Crippen LogP contribution in [-0.4, -0.2) is 35.1 Å². The Labute approximate surface area is 112 Å². The minimum Gasteiger partial charge on any atom is -0.396 e. The molecule has 1 aromatic carbocycles. The van der Waals surface area contributed by atoms with Gasteiger partial charge in [-0.25, -0.2) is 4.39 Å². The summed E-state index contributed by atoms with van der Waals surface area (Å²) in [5, 5.41) is 9.39. The molecule has 104 valence electrons. The molecule has 1 aromatic rings. The van der Waals surface area contributed by atoms with E-state index in [0.29, 0.717) is 6.54 Å². The van der Waals surface area contributed by atoms with Crippen LogP contribution in [0.5, 0.6) is 0 Å².